The van der Waals surface area contributed by atoms with Crippen LogP contribution >= 0.6 is 0 Å². The molecule has 0 aliphatic heterocycles. The SMILES string of the molecule is CC1(NS(=O)(=O)Cc2ccccc2CN)CCCCC1. The largest absolute Gasteiger partial charge is 0.326 e. The molecule has 0 spiro atoms. The van der Waals surface area contributed by atoms with Gasteiger partial charge in [0.05, 0.1) is 5.75 Å². The summed E-state index contributed by atoms with van der Waals surface area (Å²) in [6.45, 7) is 2.38. The van der Waals surface area contributed by atoms with E-state index in [1.165, 1.54) is 6.42 Å². The molecule has 1 aromatic carbocycles. The van der Waals surface area contributed by atoms with Crippen molar-refractivity contribution in [2.75, 3.05) is 0 Å². The van der Waals surface area contributed by atoms with Crippen LogP contribution in [0.1, 0.15) is 50.2 Å². The zero-order valence-corrected chi connectivity index (χ0v) is 12.9. The van der Waals surface area contributed by atoms with Gasteiger partial charge in [-0.15, -0.1) is 0 Å². The highest BCUT2D eigenvalue weighted by Crippen LogP contribution is 2.28. The monoisotopic (exact) mass is 296 g/mol. The Balaban J connectivity index is 2.11. The molecule has 1 aliphatic rings. The van der Waals surface area contributed by atoms with Crippen molar-refractivity contribution < 1.29 is 8.42 Å². The van der Waals surface area contributed by atoms with Crippen LogP contribution in [-0.2, 0) is 22.3 Å². The van der Waals surface area contributed by atoms with Gasteiger partial charge in [-0.05, 0) is 30.9 Å². The third-order valence-corrected chi connectivity index (χ3v) is 5.54. The van der Waals surface area contributed by atoms with E-state index in [1.807, 2.05) is 31.2 Å². The third kappa shape index (κ3) is 4.04. The number of hydrogen-bond donors (Lipinski definition) is 2. The number of nitrogens with one attached hydrogen (secondary N) is 1. The number of hydrogen-bond acceptors (Lipinski definition) is 3. The first-order valence-corrected chi connectivity index (χ1v) is 8.88. The Morgan fingerprint density at radius 2 is 1.75 bits per heavy atom. The summed E-state index contributed by atoms with van der Waals surface area (Å²) in [6, 6.07) is 7.46. The number of rotatable bonds is 5. The molecule has 3 N–H and O–H groups in total. The van der Waals surface area contributed by atoms with Crippen LogP contribution in [0.15, 0.2) is 24.3 Å². The predicted octanol–water partition coefficient (Wildman–Crippen LogP) is 2.29. The van der Waals surface area contributed by atoms with Crippen LogP contribution in [0.4, 0.5) is 0 Å². The first kappa shape index (κ1) is 15.5. The minimum atomic E-state index is -3.33. The van der Waals surface area contributed by atoms with Gasteiger partial charge < -0.3 is 5.73 Å². The quantitative estimate of drug-likeness (QED) is 0.875. The Morgan fingerprint density at radius 1 is 1.15 bits per heavy atom. The summed E-state index contributed by atoms with van der Waals surface area (Å²) in [4.78, 5) is 0. The Bertz CT molecular complexity index is 549. The van der Waals surface area contributed by atoms with Gasteiger partial charge in [-0.3, -0.25) is 0 Å². The lowest BCUT2D eigenvalue weighted by atomic mass is 9.84. The van der Waals surface area contributed by atoms with Gasteiger partial charge in [-0.25, -0.2) is 13.1 Å². The summed E-state index contributed by atoms with van der Waals surface area (Å²) in [7, 11) is -3.33. The molecule has 2 rings (SSSR count). The minimum absolute atomic E-state index is 0.00988. The number of nitrogens with two attached hydrogens (primary N) is 1. The molecule has 1 saturated carbocycles. The topological polar surface area (TPSA) is 72.2 Å². The highest BCUT2D eigenvalue weighted by atomic mass is 32.2. The molecule has 20 heavy (non-hydrogen) atoms. The number of sulfonamides is 1. The molecule has 0 radical (unpaired) electrons. The van der Waals surface area contributed by atoms with Crippen molar-refractivity contribution in [3.05, 3.63) is 35.4 Å². The fraction of sp³-hybridized carbons (Fsp3) is 0.600. The average molecular weight is 296 g/mol. The van der Waals surface area contributed by atoms with E-state index >= 15 is 0 Å². The Hall–Kier alpha value is -0.910. The highest BCUT2D eigenvalue weighted by Gasteiger charge is 2.31. The lowest BCUT2D eigenvalue weighted by molar-refractivity contribution is 0.294. The van der Waals surface area contributed by atoms with Gasteiger partial charge in [0.25, 0.3) is 0 Å². The molecule has 0 bridgehead atoms. The van der Waals surface area contributed by atoms with Crippen molar-refractivity contribution in [3.8, 4) is 0 Å². The first-order valence-electron chi connectivity index (χ1n) is 7.23. The summed E-state index contributed by atoms with van der Waals surface area (Å²) < 4.78 is 27.7. The Morgan fingerprint density at radius 3 is 2.35 bits per heavy atom. The molecule has 0 heterocycles. The van der Waals surface area contributed by atoms with Gasteiger partial charge in [0.1, 0.15) is 0 Å². The first-order chi connectivity index (χ1) is 9.44. The molecule has 5 heteroatoms. The predicted molar refractivity (Wildman–Crippen MR) is 81.6 cm³/mol. The van der Waals surface area contributed by atoms with Crippen molar-refractivity contribution >= 4 is 10.0 Å². The van der Waals surface area contributed by atoms with Crippen molar-refractivity contribution in [1.29, 1.82) is 0 Å². The van der Waals surface area contributed by atoms with Crippen molar-refractivity contribution in [2.45, 2.75) is 56.9 Å². The van der Waals surface area contributed by atoms with E-state index < -0.39 is 10.0 Å². The van der Waals surface area contributed by atoms with Gasteiger partial charge in [0.15, 0.2) is 0 Å². The maximum atomic E-state index is 12.4. The molecular weight excluding hydrogens is 272 g/mol. The lowest BCUT2D eigenvalue weighted by Gasteiger charge is -2.34. The molecule has 0 unspecified atom stereocenters. The fourth-order valence-corrected chi connectivity index (χ4v) is 4.67. The van der Waals surface area contributed by atoms with Crippen LogP contribution < -0.4 is 10.5 Å². The van der Waals surface area contributed by atoms with E-state index in [0.29, 0.717) is 6.54 Å². The van der Waals surface area contributed by atoms with Gasteiger partial charge in [0.2, 0.25) is 10.0 Å². The zero-order chi connectivity index (χ0) is 14.6. The van der Waals surface area contributed by atoms with Gasteiger partial charge in [-0.2, -0.15) is 0 Å². The van der Waals surface area contributed by atoms with Crippen LogP contribution in [0.2, 0.25) is 0 Å². The molecule has 1 aliphatic carbocycles. The molecule has 0 aromatic heterocycles. The summed E-state index contributed by atoms with van der Waals surface area (Å²) in [6.07, 6.45) is 5.24. The molecule has 112 valence electrons. The molecule has 1 fully saturated rings. The van der Waals surface area contributed by atoms with Crippen LogP contribution in [0.3, 0.4) is 0 Å². The van der Waals surface area contributed by atoms with E-state index in [-0.39, 0.29) is 11.3 Å². The standard InChI is InChI=1S/C15H24N2O2S/c1-15(9-5-2-6-10-15)17-20(18,19)12-14-8-4-3-7-13(14)11-16/h3-4,7-8,17H,2,5-6,9-12,16H2,1H3. The van der Waals surface area contributed by atoms with Gasteiger partial charge >= 0.3 is 0 Å². The van der Waals surface area contributed by atoms with E-state index in [4.69, 9.17) is 5.73 Å². The molecular formula is C15H24N2O2S. The molecule has 4 nitrogen and oxygen atoms in total. The summed E-state index contributed by atoms with van der Waals surface area (Å²) in [5, 5.41) is 0. The van der Waals surface area contributed by atoms with Crippen molar-refractivity contribution in [1.82, 2.24) is 4.72 Å². The van der Waals surface area contributed by atoms with E-state index in [2.05, 4.69) is 4.72 Å². The summed E-state index contributed by atoms with van der Waals surface area (Å²) in [5.41, 5.74) is 7.07. The minimum Gasteiger partial charge on any atom is -0.326 e. The van der Waals surface area contributed by atoms with Crippen molar-refractivity contribution in [3.63, 3.8) is 0 Å². The van der Waals surface area contributed by atoms with Gasteiger partial charge in [-0.1, -0.05) is 43.5 Å². The van der Waals surface area contributed by atoms with Gasteiger partial charge in [0, 0.05) is 12.1 Å². The Labute approximate surface area is 121 Å². The second kappa shape index (κ2) is 6.24. The van der Waals surface area contributed by atoms with Crippen LogP contribution in [0.5, 0.6) is 0 Å². The van der Waals surface area contributed by atoms with Crippen LogP contribution in [0.25, 0.3) is 0 Å². The lowest BCUT2D eigenvalue weighted by Crippen LogP contribution is -2.47. The molecule has 0 saturated heterocycles. The van der Waals surface area contributed by atoms with Crippen LogP contribution in [0, 0.1) is 0 Å². The summed E-state index contributed by atoms with van der Waals surface area (Å²) >= 11 is 0. The number of benzene rings is 1. The smallest absolute Gasteiger partial charge is 0.216 e. The fourth-order valence-electron chi connectivity index (χ4n) is 2.95. The Kier molecular flexibility index (Phi) is 4.83. The van der Waals surface area contributed by atoms with Crippen LogP contribution in [-0.4, -0.2) is 14.0 Å². The molecule has 1 aromatic rings. The maximum Gasteiger partial charge on any atom is 0.216 e. The van der Waals surface area contributed by atoms with E-state index in [9.17, 15) is 8.42 Å². The molecule has 0 amide bonds. The third-order valence-electron chi connectivity index (χ3n) is 4.04. The van der Waals surface area contributed by atoms with Crippen molar-refractivity contribution in [2.24, 2.45) is 5.73 Å². The highest BCUT2D eigenvalue weighted by molar-refractivity contribution is 7.88. The van der Waals surface area contributed by atoms with E-state index in [0.717, 1.165) is 36.8 Å². The summed E-state index contributed by atoms with van der Waals surface area (Å²) in [5.74, 6) is 0.00988. The zero-order valence-electron chi connectivity index (χ0n) is 12.1. The average Bonchev–Trinajstić information content (AvgIpc) is 2.38. The molecule has 0 atom stereocenters. The van der Waals surface area contributed by atoms with E-state index in [1.54, 1.807) is 0 Å². The second-order valence-corrected chi connectivity index (χ2v) is 7.68. The normalized spacial score (nSPS) is 18.9. The second-order valence-electron chi connectivity index (χ2n) is 5.96. The maximum absolute atomic E-state index is 12.4.